The molecule has 6 heteroatoms. The van der Waals surface area contributed by atoms with Crippen LogP contribution in [0.25, 0.3) is 10.9 Å². The van der Waals surface area contributed by atoms with Crippen LogP contribution in [0.2, 0.25) is 0 Å². The highest BCUT2D eigenvalue weighted by Gasteiger charge is 2.33. The molecule has 0 spiro atoms. The molecule has 2 amide bonds. The SMILES string of the molecule is Cc1ccc(CN(C(=O)Nc2ccc3c(cnn3C)c2)C2CC2)s1. The summed E-state index contributed by atoms with van der Waals surface area (Å²) >= 11 is 1.76. The van der Waals surface area contributed by atoms with E-state index in [0.29, 0.717) is 12.6 Å². The lowest BCUT2D eigenvalue weighted by Gasteiger charge is -2.22. The Bertz CT molecular complexity index is 893. The number of anilines is 1. The van der Waals surface area contributed by atoms with Crippen LogP contribution in [0.5, 0.6) is 0 Å². The van der Waals surface area contributed by atoms with Crippen molar-refractivity contribution in [2.45, 2.75) is 32.4 Å². The van der Waals surface area contributed by atoms with Crippen LogP contribution < -0.4 is 5.32 Å². The Kier molecular flexibility index (Phi) is 3.76. The lowest BCUT2D eigenvalue weighted by molar-refractivity contribution is 0.206. The second-order valence-corrected chi connectivity index (χ2v) is 7.72. The number of aromatic nitrogens is 2. The average Bonchev–Trinajstić information content (AvgIpc) is 3.22. The number of nitrogens with zero attached hydrogens (tertiary/aromatic N) is 3. The Balaban J connectivity index is 1.51. The van der Waals surface area contributed by atoms with Crippen molar-refractivity contribution in [1.82, 2.24) is 14.7 Å². The van der Waals surface area contributed by atoms with E-state index in [0.717, 1.165) is 29.4 Å². The Morgan fingerprint density at radius 2 is 2.21 bits per heavy atom. The maximum atomic E-state index is 12.7. The van der Waals surface area contributed by atoms with E-state index in [-0.39, 0.29) is 6.03 Å². The lowest BCUT2D eigenvalue weighted by Crippen LogP contribution is -2.36. The fraction of sp³-hybridized carbons (Fsp3) is 0.333. The highest BCUT2D eigenvalue weighted by molar-refractivity contribution is 7.11. The zero-order valence-corrected chi connectivity index (χ0v) is 14.6. The van der Waals surface area contributed by atoms with E-state index >= 15 is 0 Å². The first-order chi connectivity index (χ1) is 11.6. The number of fused-ring (bicyclic) bond motifs is 1. The quantitative estimate of drug-likeness (QED) is 0.776. The molecule has 1 fully saturated rings. The number of rotatable bonds is 4. The molecule has 2 aromatic heterocycles. The number of urea groups is 1. The largest absolute Gasteiger partial charge is 0.322 e. The molecule has 1 N–H and O–H groups in total. The van der Waals surface area contributed by atoms with Gasteiger partial charge in [0, 0.05) is 33.9 Å². The Hall–Kier alpha value is -2.34. The molecular formula is C18H20N4OS. The van der Waals surface area contributed by atoms with E-state index in [1.54, 1.807) is 11.3 Å². The minimum absolute atomic E-state index is 0.0215. The minimum Gasteiger partial charge on any atom is -0.316 e. The monoisotopic (exact) mass is 340 g/mol. The molecule has 1 aliphatic carbocycles. The molecule has 1 saturated carbocycles. The van der Waals surface area contributed by atoms with Gasteiger partial charge in [0.25, 0.3) is 0 Å². The molecule has 0 atom stereocenters. The molecule has 124 valence electrons. The lowest BCUT2D eigenvalue weighted by atomic mass is 10.2. The highest BCUT2D eigenvalue weighted by Crippen LogP contribution is 2.30. The van der Waals surface area contributed by atoms with Crippen LogP contribution >= 0.6 is 11.3 Å². The summed E-state index contributed by atoms with van der Waals surface area (Å²) in [6, 6.07) is 10.5. The summed E-state index contributed by atoms with van der Waals surface area (Å²) in [5.74, 6) is 0. The molecule has 24 heavy (non-hydrogen) atoms. The third-order valence-electron chi connectivity index (χ3n) is 4.37. The number of hydrogen-bond acceptors (Lipinski definition) is 3. The van der Waals surface area contributed by atoms with Gasteiger partial charge < -0.3 is 10.2 Å². The number of aryl methyl sites for hydroxylation is 2. The first-order valence-corrected chi connectivity index (χ1v) is 8.96. The molecular weight excluding hydrogens is 320 g/mol. The van der Waals surface area contributed by atoms with Crippen LogP contribution in [0.3, 0.4) is 0 Å². The van der Waals surface area contributed by atoms with Gasteiger partial charge in [-0.3, -0.25) is 4.68 Å². The smallest absolute Gasteiger partial charge is 0.316 e. The summed E-state index contributed by atoms with van der Waals surface area (Å²) in [4.78, 5) is 17.2. The fourth-order valence-corrected chi connectivity index (χ4v) is 3.82. The summed E-state index contributed by atoms with van der Waals surface area (Å²) in [6.07, 6.45) is 4.01. The zero-order valence-electron chi connectivity index (χ0n) is 13.8. The fourth-order valence-electron chi connectivity index (χ4n) is 2.93. The van der Waals surface area contributed by atoms with Crippen LogP contribution in [-0.2, 0) is 13.6 Å². The standard InChI is InChI=1S/C18H20N4OS/c1-12-3-7-16(24-12)11-22(15-5-6-15)18(23)20-14-4-8-17-13(9-14)10-19-21(17)2/h3-4,7-10,15H,5-6,11H2,1-2H3,(H,20,23). The molecule has 0 radical (unpaired) electrons. The van der Waals surface area contributed by atoms with E-state index in [1.165, 1.54) is 9.75 Å². The molecule has 1 aromatic carbocycles. The zero-order chi connectivity index (χ0) is 16.7. The van der Waals surface area contributed by atoms with Crippen molar-refractivity contribution in [1.29, 1.82) is 0 Å². The van der Waals surface area contributed by atoms with Gasteiger partial charge in [-0.2, -0.15) is 5.10 Å². The average molecular weight is 340 g/mol. The van der Waals surface area contributed by atoms with Crippen molar-refractivity contribution in [2.24, 2.45) is 7.05 Å². The van der Waals surface area contributed by atoms with Crippen molar-refractivity contribution in [3.63, 3.8) is 0 Å². The van der Waals surface area contributed by atoms with Crippen LogP contribution in [0, 0.1) is 6.92 Å². The summed E-state index contributed by atoms with van der Waals surface area (Å²) in [5, 5.41) is 8.32. The Morgan fingerprint density at radius 1 is 1.38 bits per heavy atom. The Labute approximate surface area is 144 Å². The first-order valence-electron chi connectivity index (χ1n) is 8.15. The van der Waals surface area contributed by atoms with E-state index in [2.05, 4.69) is 29.5 Å². The molecule has 0 saturated heterocycles. The molecule has 2 heterocycles. The normalized spacial score (nSPS) is 14.1. The number of hydrogen-bond donors (Lipinski definition) is 1. The van der Waals surface area contributed by atoms with Gasteiger partial charge in [0.2, 0.25) is 0 Å². The maximum absolute atomic E-state index is 12.7. The number of nitrogens with one attached hydrogen (secondary N) is 1. The summed E-state index contributed by atoms with van der Waals surface area (Å²) in [6.45, 7) is 2.78. The van der Waals surface area contributed by atoms with Gasteiger partial charge in [0.05, 0.1) is 18.3 Å². The van der Waals surface area contributed by atoms with Gasteiger partial charge in [-0.15, -0.1) is 11.3 Å². The highest BCUT2D eigenvalue weighted by atomic mass is 32.1. The second kappa shape index (κ2) is 5.94. The molecule has 4 rings (SSSR count). The number of carbonyl (C=O) groups excluding carboxylic acids is 1. The van der Waals surface area contributed by atoms with Crippen molar-refractivity contribution < 1.29 is 4.79 Å². The molecule has 1 aliphatic rings. The Morgan fingerprint density at radius 3 is 2.92 bits per heavy atom. The molecule has 0 aliphatic heterocycles. The molecule has 5 nitrogen and oxygen atoms in total. The minimum atomic E-state index is -0.0215. The van der Waals surface area contributed by atoms with Gasteiger partial charge in [-0.25, -0.2) is 4.79 Å². The van der Waals surface area contributed by atoms with Crippen molar-refractivity contribution >= 4 is 34.0 Å². The van der Waals surface area contributed by atoms with Gasteiger partial charge >= 0.3 is 6.03 Å². The summed E-state index contributed by atoms with van der Waals surface area (Å²) in [7, 11) is 1.92. The number of thiophene rings is 1. The molecule has 3 aromatic rings. The maximum Gasteiger partial charge on any atom is 0.322 e. The third kappa shape index (κ3) is 3.01. The first kappa shape index (κ1) is 15.2. The predicted octanol–water partition coefficient (Wildman–Crippen LogP) is 4.14. The second-order valence-electron chi connectivity index (χ2n) is 6.34. The van der Waals surface area contributed by atoms with Crippen LogP contribution in [-0.4, -0.2) is 26.8 Å². The number of benzene rings is 1. The van der Waals surface area contributed by atoms with E-state index in [4.69, 9.17) is 0 Å². The van der Waals surface area contributed by atoms with E-state index < -0.39 is 0 Å². The van der Waals surface area contributed by atoms with Gasteiger partial charge in [-0.1, -0.05) is 0 Å². The van der Waals surface area contributed by atoms with E-state index in [9.17, 15) is 4.79 Å². The van der Waals surface area contributed by atoms with Crippen molar-refractivity contribution in [3.8, 4) is 0 Å². The van der Waals surface area contributed by atoms with Crippen LogP contribution in [0.15, 0.2) is 36.5 Å². The summed E-state index contributed by atoms with van der Waals surface area (Å²) in [5.41, 5.74) is 1.87. The van der Waals surface area contributed by atoms with Crippen LogP contribution in [0.4, 0.5) is 10.5 Å². The van der Waals surface area contributed by atoms with Crippen molar-refractivity contribution in [3.05, 3.63) is 46.3 Å². The topological polar surface area (TPSA) is 50.2 Å². The molecule has 0 bridgehead atoms. The molecule has 0 unspecified atom stereocenters. The van der Waals surface area contributed by atoms with Crippen LogP contribution in [0.1, 0.15) is 22.6 Å². The van der Waals surface area contributed by atoms with Gasteiger partial charge in [-0.05, 0) is 50.1 Å². The number of amides is 2. The number of carbonyl (C=O) groups is 1. The van der Waals surface area contributed by atoms with Crippen molar-refractivity contribution in [2.75, 3.05) is 5.32 Å². The van der Waals surface area contributed by atoms with E-state index in [1.807, 2.05) is 41.0 Å². The van der Waals surface area contributed by atoms with Gasteiger partial charge in [0.1, 0.15) is 0 Å². The predicted molar refractivity (Wildman–Crippen MR) is 97.4 cm³/mol. The summed E-state index contributed by atoms with van der Waals surface area (Å²) < 4.78 is 1.83. The third-order valence-corrected chi connectivity index (χ3v) is 5.35. The van der Waals surface area contributed by atoms with Gasteiger partial charge in [0.15, 0.2) is 0 Å².